The van der Waals surface area contributed by atoms with Gasteiger partial charge in [-0.15, -0.1) is 0 Å². The molecule has 2 atom stereocenters. The summed E-state index contributed by atoms with van der Waals surface area (Å²) in [4.78, 5) is 12.6. The summed E-state index contributed by atoms with van der Waals surface area (Å²) < 4.78 is 10.5. The molecule has 2 unspecified atom stereocenters. The van der Waals surface area contributed by atoms with Gasteiger partial charge in [-0.05, 0) is 31.5 Å². The number of nitrogens with one attached hydrogen (secondary N) is 2. The maximum atomic E-state index is 12.6. The summed E-state index contributed by atoms with van der Waals surface area (Å²) in [5, 5.41) is 15.9. The Bertz CT molecular complexity index is 560. The summed E-state index contributed by atoms with van der Waals surface area (Å²) in [6.45, 7) is 5.50. The summed E-state index contributed by atoms with van der Waals surface area (Å²) in [6, 6.07) is 5.49. The van der Waals surface area contributed by atoms with E-state index in [4.69, 9.17) is 9.47 Å². The molecule has 1 saturated heterocycles. The first kappa shape index (κ1) is 17.6. The Hall–Kier alpha value is -1.79. The highest BCUT2D eigenvalue weighted by Gasteiger charge is 2.32. The van der Waals surface area contributed by atoms with Crippen LogP contribution in [0.5, 0.6) is 11.5 Å². The quantitative estimate of drug-likeness (QED) is 0.718. The Morgan fingerprint density at radius 1 is 1.30 bits per heavy atom. The lowest BCUT2D eigenvalue weighted by Gasteiger charge is -2.26. The molecular formula is C17H26N2O4. The summed E-state index contributed by atoms with van der Waals surface area (Å²) in [6.07, 6.45) is -0.403. The standard InChI is InChI=1S/C17H26N2O4/c1-17(2,12-5-6-14(22-3)15(7-12)23-4)16(21)19-9-11-8-18-10-13(11)20/h5-7,11,13,18,20H,8-10H2,1-4H3,(H,19,21). The van der Waals surface area contributed by atoms with E-state index in [0.717, 1.165) is 12.1 Å². The minimum absolute atomic E-state index is 0.0557. The van der Waals surface area contributed by atoms with Crippen molar-refractivity contribution < 1.29 is 19.4 Å². The van der Waals surface area contributed by atoms with Crippen LogP contribution in [0, 0.1) is 5.92 Å². The molecule has 1 aliphatic rings. The van der Waals surface area contributed by atoms with Crippen LogP contribution in [0.2, 0.25) is 0 Å². The maximum absolute atomic E-state index is 12.6. The number of amides is 1. The highest BCUT2D eigenvalue weighted by atomic mass is 16.5. The molecule has 1 amide bonds. The highest BCUT2D eigenvalue weighted by molar-refractivity contribution is 5.87. The van der Waals surface area contributed by atoms with Gasteiger partial charge < -0.3 is 25.2 Å². The summed E-state index contributed by atoms with van der Waals surface area (Å²) in [5.74, 6) is 1.21. The Balaban J connectivity index is 2.08. The van der Waals surface area contributed by atoms with Gasteiger partial charge in [-0.25, -0.2) is 0 Å². The van der Waals surface area contributed by atoms with E-state index in [1.807, 2.05) is 26.0 Å². The van der Waals surface area contributed by atoms with Crippen LogP contribution in [0.1, 0.15) is 19.4 Å². The second-order valence-electron chi connectivity index (χ2n) is 6.39. The number of β-amino-alcohol motifs (C(OH)–C–C–N with tert-alkyl or cyclic N) is 1. The molecule has 1 aliphatic heterocycles. The molecule has 0 spiro atoms. The second-order valence-corrected chi connectivity index (χ2v) is 6.39. The molecule has 23 heavy (non-hydrogen) atoms. The van der Waals surface area contributed by atoms with E-state index in [1.54, 1.807) is 20.3 Å². The molecule has 2 rings (SSSR count). The number of aliphatic hydroxyl groups is 1. The maximum Gasteiger partial charge on any atom is 0.230 e. The molecule has 1 aromatic rings. The summed E-state index contributed by atoms with van der Waals surface area (Å²) in [5.41, 5.74) is 0.133. The zero-order valence-corrected chi connectivity index (χ0v) is 14.2. The van der Waals surface area contributed by atoms with Crippen LogP contribution in [0.25, 0.3) is 0 Å². The van der Waals surface area contributed by atoms with Gasteiger partial charge in [-0.3, -0.25) is 4.79 Å². The first-order valence-corrected chi connectivity index (χ1v) is 7.79. The molecule has 3 N–H and O–H groups in total. The minimum Gasteiger partial charge on any atom is -0.493 e. The SMILES string of the molecule is COc1ccc(C(C)(C)C(=O)NCC2CNCC2O)cc1OC. The van der Waals surface area contributed by atoms with Crippen molar-refractivity contribution in [3.63, 3.8) is 0 Å². The molecule has 6 nitrogen and oxygen atoms in total. The third kappa shape index (κ3) is 3.76. The molecule has 0 aliphatic carbocycles. The van der Waals surface area contributed by atoms with Crippen molar-refractivity contribution in [1.82, 2.24) is 10.6 Å². The largest absolute Gasteiger partial charge is 0.493 e. The monoisotopic (exact) mass is 322 g/mol. The zero-order chi connectivity index (χ0) is 17.0. The molecule has 0 bridgehead atoms. The van der Waals surface area contributed by atoms with Gasteiger partial charge in [-0.2, -0.15) is 0 Å². The van der Waals surface area contributed by atoms with Gasteiger partial charge in [0.1, 0.15) is 0 Å². The van der Waals surface area contributed by atoms with E-state index in [2.05, 4.69) is 10.6 Å². The molecule has 1 aromatic carbocycles. The second kappa shape index (κ2) is 7.19. The van der Waals surface area contributed by atoms with Crippen molar-refractivity contribution in [2.75, 3.05) is 33.9 Å². The number of benzene rings is 1. The molecular weight excluding hydrogens is 296 g/mol. The van der Waals surface area contributed by atoms with Gasteiger partial charge in [0.2, 0.25) is 5.91 Å². The van der Waals surface area contributed by atoms with Crippen LogP contribution in [0.3, 0.4) is 0 Å². The lowest BCUT2D eigenvalue weighted by atomic mass is 9.83. The van der Waals surface area contributed by atoms with Crippen LogP contribution in [-0.4, -0.2) is 51.0 Å². The summed E-state index contributed by atoms with van der Waals surface area (Å²) >= 11 is 0. The van der Waals surface area contributed by atoms with E-state index >= 15 is 0 Å². The number of ether oxygens (including phenoxy) is 2. The molecule has 1 fully saturated rings. The number of methoxy groups -OCH3 is 2. The number of carbonyl (C=O) groups excluding carboxylic acids is 1. The third-order valence-electron chi connectivity index (χ3n) is 4.50. The number of hydrogen-bond acceptors (Lipinski definition) is 5. The highest BCUT2D eigenvalue weighted by Crippen LogP contribution is 2.33. The predicted molar refractivity (Wildman–Crippen MR) is 87.9 cm³/mol. The Labute approximate surface area is 137 Å². The Morgan fingerprint density at radius 3 is 2.57 bits per heavy atom. The Morgan fingerprint density at radius 2 is 2.00 bits per heavy atom. The Kier molecular flexibility index (Phi) is 5.49. The van der Waals surface area contributed by atoms with Gasteiger partial charge in [-0.1, -0.05) is 6.07 Å². The van der Waals surface area contributed by atoms with E-state index in [1.165, 1.54) is 0 Å². The average Bonchev–Trinajstić information content (AvgIpc) is 2.96. The molecule has 6 heteroatoms. The normalized spacial score (nSPS) is 21.1. The number of rotatable bonds is 6. The van der Waals surface area contributed by atoms with Crippen LogP contribution in [0.15, 0.2) is 18.2 Å². The van der Waals surface area contributed by atoms with Crippen LogP contribution in [-0.2, 0) is 10.2 Å². The van der Waals surface area contributed by atoms with Crippen molar-refractivity contribution >= 4 is 5.91 Å². The number of hydrogen-bond donors (Lipinski definition) is 3. The van der Waals surface area contributed by atoms with Crippen LogP contribution < -0.4 is 20.1 Å². The zero-order valence-electron chi connectivity index (χ0n) is 14.2. The molecule has 0 aromatic heterocycles. The average molecular weight is 322 g/mol. The number of aliphatic hydroxyl groups excluding tert-OH is 1. The van der Waals surface area contributed by atoms with Gasteiger partial charge in [0, 0.05) is 25.6 Å². The van der Waals surface area contributed by atoms with Crippen molar-refractivity contribution in [2.24, 2.45) is 5.92 Å². The van der Waals surface area contributed by atoms with Crippen molar-refractivity contribution in [1.29, 1.82) is 0 Å². The van der Waals surface area contributed by atoms with E-state index in [-0.39, 0.29) is 11.8 Å². The van der Waals surface area contributed by atoms with Gasteiger partial charge in [0.05, 0.1) is 25.7 Å². The first-order valence-electron chi connectivity index (χ1n) is 7.79. The van der Waals surface area contributed by atoms with E-state index < -0.39 is 11.5 Å². The van der Waals surface area contributed by atoms with Gasteiger partial charge in [0.15, 0.2) is 11.5 Å². The van der Waals surface area contributed by atoms with Gasteiger partial charge in [0.25, 0.3) is 0 Å². The van der Waals surface area contributed by atoms with Crippen molar-refractivity contribution in [2.45, 2.75) is 25.4 Å². The lowest BCUT2D eigenvalue weighted by molar-refractivity contribution is -0.125. The molecule has 128 valence electrons. The lowest BCUT2D eigenvalue weighted by Crippen LogP contribution is -2.43. The first-order chi connectivity index (χ1) is 10.9. The topological polar surface area (TPSA) is 79.8 Å². The van der Waals surface area contributed by atoms with Gasteiger partial charge >= 0.3 is 0 Å². The van der Waals surface area contributed by atoms with E-state index in [9.17, 15) is 9.90 Å². The summed E-state index contributed by atoms with van der Waals surface area (Å²) in [7, 11) is 3.15. The number of carbonyl (C=O) groups is 1. The van der Waals surface area contributed by atoms with Crippen molar-refractivity contribution in [3.8, 4) is 11.5 Å². The molecule has 1 heterocycles. The van der Waals surface area contributed by atoms with Crippen molar-refractivity contribution in [3.05, 3.63) is 23.8 Å². The molecule has 0 saturated carbocycles. The molecule has 0 radical (unpaired) electrons. The smallest absolute Gasteiger partial charge is 0.230 e. The van der Waals surface area contributed by atoms with E-state index in [0.29, 0.717) is 24.6 Å². The minimum atomic E-state index is -0.712. The van der Waals surface area contributed by atoms with Crippen LogP contribution in [0.4, 0.5) is 0 Å². The predicted octanol–water partition coefficient (Wildman–Crippen LogP) is 0.678. The fourth-order valence-corrected chi connectivity index (χ4v) is 2.73. The fraction of sp³-hybridized carbons (Fsp3) is 0.588. The fourth-order valence-electron chi connectivity index (χ4n) is 2.73. The van der Waals surface area contributed by atoms with Crippen LogP contribution >= 0.6 is 0 Å². The third-order valence-corrected chi connectivity index (χ3v) is 4.50.